The Morgan fingerprint density at radius 2 is 2.04 bits per heavy atom. The quantitative estimate of drug-likeness (QED) is 0.478. The van der Waals surface area contributed by atoms with Crippen LogP contribution in [0.4, 0.5) is 0 Å². The molecule has 4 heterocycles. The molecular weight excluding hydrogens is 376 g/mol. The van der Waals surface area contributed by atoms with Gasteiger partial charge >= 0.3 is 0 Å². The van der Waals surface area contributed by atoms with Crippen molar-refractivity contribution in [2.75, 3.05) is 13.9 Å². The number of benzene rings is 1. The van der Waals surface area contributed by atoms with Crippen LogP contribution in [0.2, 0.25) is 0 Å². The number of pyridine rings is 1. The molecule has 0 unspecified atom stereocenters. The number of rotatable bonds is 5. The lowest BCUT2D eigenvalue weighted by Crippen LogP contribution is -1.97. The highest BCUT2D eigenvalue weighted by Gasteiger charge is 2.20. The van der Waals surface area contributed by atoms with Crippen molar-refractivity contribution >= 4 is 17.4 Å². The Labute approximate surface area is 165 Å². The van der Waals surface area contributed by atoms with Gasteiger partial charge in [0.2, 0.25) is 12.7 Å². The fraction of sp³-hybridized carbons (Fsp3) is 0.150. The molecule has 0 spiro atoms. The highest BCUT2D eigenvalue weighted by Crippen LogP contribution is 2.38. The highest BCUT2D eigenvalue weighted by atomic mass is 32.2. The minimum atomic E-state index is 0.236. The maximum Gasteiger partial charge on any atom is 0.243 e. The number of hydrogen-bond donors (Lipinski definition) is 0. The second-order valence-corrected chi connectivity index (χ2v) is 7.08. The molecule has 3 aromatic heterocycles. The summed E-state index contributed by atoms with van der Waals surface area (Å²) < 4.78 is 18.2. The van der Waals surface area contributed by atoms with Crippen molar-refractivity contribution in [1.29, 1.82) is 0 Å². The lowest BCUT2D eigenvalue weighted by molar-refractivity contribution is 0.174. The predicted molar refractivity (Wildman–Crippen MR) is 105 cm³/mol. The number of ether oxygens (including phenoxy) is 3. The first-order valence-corrected chi connectivity index (χ1v) is 9.67. The summed E-state index contributed by atoms with van der Waals surface area (Å²) in [4.78, 5) is 9.04. The van der Waals surface area contributed by atoms with Crippen LogP contribution in [0.15, 0.2) is 59.8 Å². The van der Waals surface area contributed by atoms with Gasteiger partial charge in [0.05, 0.1) is 12.8 Å². The number of imidazole rings is 1. The van der Waals surface area contributed by atoms with Crippen molar-refractivity contribution in [3.05, 3.63) is 60.4 Å². The van der Waals surface area contributed by atoms with Gasteiger partial charge in [-0.25, -0.2) is 4.98 Å². The molecule has 0 amide bonds. The standard InChI is InChI=1S/C20H16N4O3S/c1-25-20-19(13-5-6-15-16(10-13)27-12-26-15)22-17-7-8-18(23-24(17)20)28-11-14-4-2-3-9-21-14/h2-10H,11-12H2,1H3. The lowest BCUT2D eigenvalue weighted by Gasteiger charge is -2.05. The van der Waals surface area contributed by atoms with E-state index in [9.17, 15) is 0 Å². The third-order valence-electron chi connectivity index (χ3n) is 4.35. The van der Waals surface area contributed by atoms with Gasteiger partial charge in [-0.05, 0) is 42.5 Å². The summed E-state index contributed by atoms with van der Waals surface area (Å²) in [6.45, 7) is 0.236. The molecule has 0 saturated heterocycles. The SMILES string of the molecule is COc1c(-c2ccc3c(c2)OCO3)nc2ccc(SCc3ccccn3)nn12. The fourth-order valence-electron chi connectivity index (χ4n) is 3.02. The molecule has 140 valence electrons. The highest BCUT2D eigenvalue weighted by molar-refractivity contribution is 7.98. The summed E-state index contributed by atoms with van der Waals surface area (Å²) in [7, 11) is 1.62. The Morgan fingerprint density at radius 1 is 1.11 bits per heavy atom. The molecule has 4 aromatic rings. The van der Waals surface area contributed by atoms with Crippen molar-refractivity contribution in [3.8, 4) is 28.6 Å². The largest absolute Gasteiger partial charge is 0.479 e. The van der Waals surface area contributed by atoms with E-state index in [4.69, 9.17) is 19.2 Å². The average Bonchev–Trinajstić information content (AvgIpc) is 3.36. The van der Waals surface area contributed by atoms with Gasteiger partial charge < -0.3 is 14.2 Å². The Balaban J connectivity index is 1.49. The Hall–Kier alpha value is -3.26. The van der Waals surface area contributed by atoms with Crippen molar-refractivity contribution < 1.29 is 14.2 Å². The summed E-state index contributed by atoms with van der Waals surface area (Å²) in [5, 5.41) is 5.55. The number of hydrogen-bond acceptors (Lipinski definition) is 7. The van der Waals surface area contributed by atoms with Gasteiger partial charge in [-0.3, -0.25) is 4.98 Å². The first-order chi connectivity index (χ1) is 13.8. The monoisotopic (exact) mass is 392 g/mol. The Morgan fingerprint density at radius 3 is 2.89 bits per heavy atom. The molecule has 0 bridgehead atoms. The fourth-order valence-corrected chi connectivity index (χ4v) is 3.79. The van der Waals surface area contributed by atoms with Crippen molar-refractivity contribution in [2.24, 2.45) is 0 Å². The van der Waals surface area contributed by atoms with Crippen LogP contribution in [0, 0.1) is 0 Å². The zero-order chi connectivity index (χ0) is 18.9. The lowest BCUT2D eigenvalue weighted by atomic mass is 10.1. The summed E-state index contributed by atoms with van der Waals surface area (Å²) in [5.74, 6) is 2.76. The van der Waals surface area contributed by atoms with E-state index in [-0.39, 0.29) is 6.79 Å². The topological polar surface area (TPSA) is 70.8 Å². The van der Waals surface area contributed by atoms with Crippen LogP contribution in [-0.2, 0) is 5.75 Å². The molecular formula is C20H16N4O3S. The van der Waals surface area contributed by atoms with E-state index in [1.807, 2.05) is 48.5 Å². The molecule has 1 aromatic carbocycles. The molecule has 0 N–H and O–H groups in total. The molecule has 8 heteroatoms. The molecule has 1 aliphatic rings. The van der Waals surface area contributed by atoms with E-state index < -0.39 is 0 Å². The minimum Gasteiger partial charge on any atom is -0.479 e. The van der Waals surface area contributed by atoms with E-state index in [0.29, 0.717) is 23.0 Å². The maximum absolute atomic E-state index is 5.63. The summed E-state index contributed by atoms with van der Waals surface area (Å²) in [6.07, 6.45) is 1.79. The van der Waals surface area contributed by atoms with Crippen LogP contribution < -0.4 is 14.2 Å². The van der Waals surface area contributed by atoms with Crippen LogP contribution in [0.1, 0.15) is 5.69 Å². The molecule has 0 fully saturated rings. The van der Waals surface area contributed by atoms with Gasteiger partial charge in [0.1, 0.15) is 10.7 Å². The third-order valence-corrected chi connectivity index (χ3v) is 5.30. The molecule has 0 radical (unpaired) electrons. The third kappa shape index (κ3) is 3.01. The van der Waals surface area contributed by atoms with E-state index in [1.165, 1.54) is 0 Å². The maximum atomic E-state index is 5.63. The van der Waals surface area contributed by atoms with Crippen LogP contribution >= 0.6 is 11.8 Å². The van der Waals surface area contributed by atoms with Crippen molar-refractivity contribution in [1.82, 2.24) is 19.6 Å². The normalized spacial score (nSPS) is 12.5. The van der Waals surface area contributed by atoms with E-state index in [1.54, 1.807) is 29.6 Å². The molecule has 0 atom stereocenters. The second kappa shape index (κ2) is 7.05. The van der Waals surface area contributed by atoms with Crippen LogP contribution in [0.25, 0.3) is 16.9 Å². The molecule has 7 nitrogen and oxygen atoms in total. The summed E-state index contributed by atoms with van der Waals surface area (Å²) in [5.41, 5.74) is 3.31. The molecule has 0 aliphatic carbocycles. The van der Waals surface area contributed by atoms with E-state index >= 15 is 0 Å². The molecule has 28 heavy (non-hydrogen) atoms. The zero-order valence-corrected chi connectivity index (χ0v) is 15.8. The van der Waals surface area contributed by atoms with E-state index in [0.717, 1.165) is 27.8 Å². The summed E-state index contributed by atoms with van der Waals surface area (Å²) in [6, 6.07) is 15.5. The average molecular weight is 392 g/mol. The first-order valence-electron chi connectivity index (χ1n) is 8.68. The van der Waals surface area contributed by atoms with Crippen LogP contribution in [0.3, 0.4) is 0 Å². The van der Waals surface area contributed by atoms with Crippen LogP contribution in [0.5, 0.6) is 17.4 Å². The molecule has 0 saturated carbocycles. The van der Waals surface area contributed by atoms with E-state index in [2.05, 4.69) is 10.1 Å². The summed E-state index contributed by atoms with van der Waals surface area (Å²) >= 11 is 1.61. The van der Waals surface area contributed by atoms with Crippen molar-refractivity contribution in [3.63, 3.8) is 0 Å². The number of nitrogens with zero attached hydrogens (tertiary/aromatic N) is 4. The Bertz CT molecular complexity index is 1150. The van der Waals surface area contributed by atoms with Gasteiger partial charge in [-0.2, -0.15) is 9.61 Å². The van der Waals surface area contributed by atoms with Gasteiger partial charge in [-0.1, -0.05) is 17.8 Å². The predicted octanol–water partition coefficient (Wildman–Crippen LogP) is 3.82. The second-order valence-electron chi connectivity index (χ2n) is 6.09. The first kappa shape index (κ1) is 16.9. The minimum absolute atomic E-state index is 0.236. The van der Waals surface area contributed by atoms with Gasteiger partial charge in [0, 0.05) is 17.5 Å². The van der Waals surface area contributed by atoms with Gasteiger partial charge in [0.15, 0.2) is 17.1 Å². The number of fused-ring (bicyclic) bond motifs is 2. The van der Waals surface area contributed by atoms with Crippen LogP contribution in [-0.4, -0.2) is 33.5 Å². The number of methoxy groups -OCH3 is 1. The molecule has 1 aliphatic heterocycles. The number of aromatic nitrogens is 4. The zero-order valence-electron chi connectivity index (χ0n) is 15.0. The Kier molecular flexibility index (Phi) is 4.25. The van der Waals surface area contributed by atoms with Gasteiger partial charge in [0.25, 0.3) is 0 Å². The molecule has 5 rings (SSSR count). The number of thioether (sulfide) groups is 1. The smallest absolute Gasteiger partial charge is 0.243 e. The van der Waals surface area contributed by atoms with Crippen molar-refractivity contribution in [2.45, 2.75) is 10.8 Å². The van der Waals surface area contributed by atoms with Gasteiger partial charge in [-0.15, -0.1) is 0 Å².